The van der Waals surface area contributed by atoms with E-state index in [4.69, 9.17) is 5.73 Å². The maximum atomic E-state index is 12.0. The molecule has 0 heterocycles. The van der Waals surface area contributed by atoms with Crippen LogP contribution < -0.4 is 11.1 Å². The van der Waals surface area contributed by atoms with Crippen LogP contribution in [0.25, 0.3) is 0 Å². The molecule has 19 heavy (non-hydrogen) atoms. The van der Waals surface area contributed by atoms with E-state index < -0.39 is 5.91 Å². The summed E-state index contributed by atoms with van der Waals surface area (Å²) in [6.07, 6.45) is 2.21. The zero-order chi connectivity index (χ0) is 14.3. The number of benzene rings is 1. The van der Waals surface area contributed by atoms with Crippen molar-refractivity contribution in [2.75, 3.05) is 11.1 Å². The van der Waals surface area contributed by atoms with Crippen LogP contribution in [-0.2, 0) is 4.79 Å². The minimum Gasteiger partial charge on any atom is -0.366 e. The molecule has 0 aliphatic heterocycles. The van der Waals surface area contributed by atoms with Crippen LogP contribution in [0.3, 0.4) is 0 Å². The summed E-state index contributed by atoms with van der Waals surface area (Å²) in [6, 6.07) is 6.76. The Kier molecular flexibility index (Phi) is 6.42. The quantitative estimate of drug-likeness (QED) is 0.754. The van der Waals surface area contributed by atoms with Gasteiger partial charge in [-0.2, -0.15) is 0 Å². The van der Waals surface area contributed by atoms with E-state index in [1.54, 1.807) is 36.0 Å². The second kappa shape index (κ2) is 7.84. The van der Waals surface area contributed by atoms with Gasteiger partial charge in [-0.1, -0.05) is 25.5 Å². The number of hydrogen-bond donors (Lipinski definition) is 2. The van der Waals surface area contributed by atoms with Crippen LogP contribution in [0.4, 0.5) is 5.69 Å². The largest absolute Gasteiger partial charge is 0.366 e. The third-order valence-electron chi connectivity index (χ3n) is 2.69. The number of nitrogens with one attached hydrogen (secondary N) is 1. The van der Waals surface area contributed by atoms with Crippen molar-refractivity contribution in [3.63, 3.8) is 0 Å². The molecular weight excluding hydrogens is 260 g/mol. The summed E-state index contributed by atoms with van der Waals surface area (Å²) in [6.45, 7) is 3.98. The minimum atomic E-state index is -0.540. The van der Waals surface area contributed by atoms with E-state index in [9.17, 15) is 9.59 Å². The molecule has 0 radical (unpaired) electrons. The van der Waals surface area contributed by atoms with Crippen molar-refractivity contribution in [1.82, 2.24) is 0 Å². The second-order valence-electron chi connectivity index (χ2n) is 4.27. The smallest absolute Gasteiger partial charge is 0.250 e. The van der Waals surface area contributed by atoms with Gasteiger partial charge in [-0.05, 0) is 31.2 Å². The molecule has 0 saturated carbocycles. The average molecular weight is 280 g/mol. The molecule has 0 fully saturated rings. The number of hydrogen-bond acceptors (Lipinski definition) is 3. The fourth-order valence-electron chi connectivity index (χ4n) is 1.52. The molecule has 0 aliphatic rings. The maximum absolute atomic E-state index is 12.0. The molecule has 1 rings (SSSR count). The number of amides is 2. The number of para-hydroxylation sites is 1. The highest BCUT2D eigenvalue weighted by Gasteiger charge is 2.15. The molecule has 3 N–H and O–H groups in total. The zero-order valence-electron chi connectivity index (χ0n) is 11.3. The van der Waals surface area contributed by atoms with E-state index in [2.05, 4.69) is 12.2 Å². The van der Waals surface area contributed by atoms with Crippen molar-refractivity contribution in [3.8, 4) is 0 Å². The molecule has 0 aliphatic carbocycles. The van der Waals surface area contributed by atoms with Crippen LogP contribution in [-0.4, -0.2) is 22.8 Å². The first-order valence-electron chi connectivity index (χ1n) is 6.37. The van der Waals surface area contributed by atoms with E-state index >= 15 is 0 Å². The number of primary amides is 1. The predicted octanol–water partition coefficient (Wildman–Crippen LogP) is 2.65. The lowest BCUT2D eigenvalue weighted by molar-refractivity contribution is -0.115. The van der Waals surface area contributed by atoms with E-state index in [-0.39, 0.29) is 11.2 Å². The Labute approximate surface area is 118 Å². The highest BCUT2D eigenvalue weighted by molar-refractivity contribution is 8.00. The lowest BCUT2D eigenvalue weighted by Gasteiger charge is -2.13. The Morgan fingerprint density at radius 3 is 2.68 bits per heavy atom. The number of unbranched alkanes of at least 4 members (excludes halogenated alkanes) is 1. The summed E-state index contributed by atoms with van der Waals surface area (Å²) in [4.78, 5) is 23.2. The van der Waals surface area contributed by atoms with Gasteiger partial charge < -0.3 is 11.1 Å². The summed E-state index contributed by atoms with van der Waals surface area (Å²) in [7, 11) is 0. The highest BCUT2D eigenvalue weighted by atomic mass is 32.2. The second-order valence-corrected chi connectivity index (χ2v) is 5.71. The van der Waals surface area contributed by atoms with Crippen LogP contribution in [0.5, 0.6) is 0 Å². The lowest BCUT2D eigenvalue weighted by Crippen LogP contribution is -2.25. The number of thioether (sulfide) groups is 1. The van der Waals surface area contributed by atoms with Gasteiger partial charge in [0.05, 0.1) is 16.5 Å². The molecule has 2 amide bonds. The first kappa shape index (κ1) is 15.6. The Hall–Kier alpha value is -1.49. The number of anilines is 1. The standard InChI is InChI=1S/C14H20N2O2S/c1-3-4-9-19-10(2)14(18)16-12-8-6-5-7-11(12)13(15)17/h5-8,10H,3-4,9H2,1-2H3,(H2,15,17)(H,16,18). The molecule has 104 valence electrons. The van der Waals surface area contributed by atoms with Crippen molar-refractivity contribution in [3.05, 3.63) is 29.8 Å². The van der Waals surface area contributed by atoms with Crippen molar-refractivity contribution >= 4 is 29.3 Å². The molecule has 1 unspecified atom stereocenters. The van der Waals surface area contributed by atoms with Gasteiger partial charge in [-0.25, -0.2) is 0 Å². The molecular formula is C14H20N2O2S. The summed E-state index contributed by atoms with van der Waals surface area (Å²) in [5.74, 6) is 0.319. The molecule has 1 aromatic carbocycles. The Morgan fingerprint density at radius 2 is 2.05 bits per heavy atom. The van der Waals surface area contributed by atoms with Gasteiger partial charge in [0.25, 0.3) is 5.91 Å². The summed E-state index contributed by atoms with van der Waals surface area (Å²) in [5.41, 5.74) is 6.08. The minimum absolute atomic E-state index is 0.102. The maximum Gasteiger partial charge on any atom is 0.250 e. The van der Waals surface area contributed by atoms with Crippen molar-refractivity contribution in [2.24, 2.45) is 5.73 Å². The van der Waals surface area contributed by atoms with E-state index in [0.717, 1.165) is 18.6 Å². The first-order valence-corrected chi connectivity index (χ1v) is 7.42. The van der Waals surface area contributed by atoms with Gasteiger partial charge in [-0.3, -0.25) is 9.59 Å². The third-order valence-corrected chi connectivity index (χ3v) is 3.92. The third kappa shape index (κ3) is 4.95. The number of carbonyl (C=O) groups excluding carboxylic acids is 2. The summed E-state index contributed by atoms with van der Waals surface area (Å²) < 4.78 is 0. The van der Waals surface area contributed by atoms with Gasteiger partial charge in [0.2, 0.25) is 5.91 Å². The van der Waals surface area contributed by atoms with Crippen LogP contribution in [0.2, 0.25) is 0 Å². The average Bonchev–Trinajstić information content (AvgIpc) is 2.39. The first-order chi connectivity index (χ1) is 9.06. The van der Waals surface area contributed by atoms with Crippen LogP contribution in [0.1, 0.15) is 37.0 Å². The van der Waals surface area contributed by atoms with E-state index in [0.29, 0.717) is 11.3 Å². The fraction of sp³-hybridized carbons (Fsp3) is 0.429. The molecule has 0 bridgehead atoms. The SMILES string of the molecule is CCCCSC(C)C(=O)Nc1ccccc1C(N)=O. The topological polar surface area (TPSA) is 72.2 Å². The number of nitrogens with two attached hydrogens (primary N) is 1. The predicted molar refractivity (Wildman–Crippen MR) is 80.4 cm³/mol. The van der Waals surface area contributed by atoms with Gasteiger partial charge in [0.15, 0.2) is 0 Å². The Bertz CT molecular complexity index is 449. The number of carbonyl (C=O) groups is 2. The van der Waals surface area contributed by atoms with E-state index in [1.165, 1.54) is 0 Å². The summed E-state index contributed by atoms with van der Waals surface area (Å²) in [5, 5.41) is 2.61. The van der Waals surface area contributed by atoms with E-state index in [1.807, 2.05) is 6.92 Å². The molecule has 0 spiro atoms. The molecule has 0 saturated heterocycles. The molecule has 4 nitrogen and oxygen atoms in total. The monoisotopic (exact) mass is 280 g/mol. The van der Waals surface area contributed by atoms with Gasteiger partial charge >= 0.3 is 0 Å². The fourth-order valence-corrected chi connectivity index (χ4v) is 2.54. The lowest BCUT2D eigenvalue weighted by atomic mass is 10.1. The molecule has 1 aromatic rings. The van der Waals surface area contributed by atoms with Crippen molar-refractivity contribution in [1.29, 1.82) is 0 Å². The van der Waals surface area contributed by atoms with Gasteiger partial charge in [0, 0.05) is 0 Å². The zero-order valence-corrected chi connectivity index (χ0v) is 12.1. The van der Waals surface area contributed by atoms with Crippen molar-refractivity contribution < 1.29 is 9.59 Å². The number of rotatable bonds is 7. The summed E-state index contributed by atoms with van der Waals surface area (Å²) >= 11 is 1.61. The molecule has 1 atom stereocenters. The Morgan fingerprint density at radius 1 is 1.37 bits per heavy atom. The highest BCUT2D eigenvalue weighted by Crippen LogP contribution is 2.18. The normalized spacial score (nSPS) is 11.9. The van der Waals surface area contributed by atoms with Crippen LogP contribution in [0.15, 0.2) is 24.3 Å². The van der Waals surface area contributed by atoms with Crippen LogP contribution >= 0.6 is 11.8 Å². The van der Waals surface area contributed by atoms with Crippen molar-refractivity contribution in [2.45, 2.75) is 31.9 Å². The molecule has 0 aromatic heterocycles. The Balaban J connectivity index is 2.64. The molecule has 5 heteroatoms. The van der Waals surface area contributed by atoms with Crippen LogP contribution in [0, 0.1) is 0 Å². The van der Waals surface area contributed by atoms with Gasteiger partial charge in [0.1, 0.15) is 0 Å². The van der Waals surface area contributed by atoms with Gasteiger partial charge in [-0.15, -0.1) is 11.8 Å².